The maximum atomic E-state index is 11.4. The number of nitrogens with zero attached hydrogens (tertiary/aromatic N) is 3. The SMILES string of the molecule is COC(=O)C(C)(C)OC/C(=N/N)N(N)CCC#N. The Balaban J connectivity index is 4.41. The van der Waals surface area contributed by atoms with Gasteiger partial charge in [-0.1, -0.05) is 0 Å². The van der Waals surface area contributed by atoms with Gasteiger partial charge in [-0.2, -0.15) is 10.4 Å². The zero-order valence-corrected chi connectivity index (χ0v) is 10.8. The van der Waals surface area contributed by atoms with Gasteiger partial charge in [-0.25, -0.2) is 10.6 Å². The first-order valence-electron chi connectivity index (χ1n) is 5.27. The predicted octanol–water partition coefficient (Wildman–Crippen LogP) is -0.684. The summed E-state index contributed by atoms with van der Waals surface area (Å²) in [5, 5.41) is 13.1. The number of nitrogens with two attached hydrogens (primary N) is 2. The molecule has 0 aliphatic rings. The van der Waals surface area contributed by atoms with Crippen molar-refractivity contribution in [2.75, 3.05) is 20.3 Å². The molecular weight excluding hydrogens is 238 g/mol. The number of hydrazone groups is 1. The van der Waals surface area contributed by atoms with Crippen LogP contribution in [0, 0.1) is 11.3 Å². The molecule has 102 valence electrons. The fraction of sp³-hybridized carbons (Fsp3) is 0.700. The van der Waals surface area contributed by atoms with Gasteiger partial charge in [-0.05, 0) is 13.8 Å². The summed E-state index contributed by atoms with van der Waals surface area (Å²) in [5.74, 6) is 10.5. The van der Waals surface area contributed by atoms with Gasteiger partial charge in [0, 0.05) is 6.54 Å². The molecule has 0 aliphatic heterocycles. The lowest BCUT2D eigenvalue weighted by Crippen LogP contribution is -2.45. The maximum Gasteiger partial charge on any atom is 0.337 e. The van der Waals surface area contributed by atoms with Gasteiger partial charge in [0.2, 0.25) is 0 Å². The molecule has 0 spiro atoms. The molecule has 0 radical (unpaired) electrons. The van der Waals surface area contributed by atoms with Crippen molar-refractivity contribution in [1.82, 2.24) is 5.01 Å². The monoisotopic (exact) mass is 257 g/mol. The molecule has 0 saturated heterocycles. The molecule has 0 fully saturated rings. The number of esters is 1. The molecule has 0 bridgehead atoms. The number of nitriles is 1. The van der Waals surface area contributed by atoms with E-state index in [2.05, 4.69) is 9.84 Å². The molecule has 0 aliphatic carbocycles. The van der Waals surface area contributed by atoms with Crippen LogP contribution in [-0.2, 0) is 14.3 Å². The van der Waals surface area contributed by atoms with E-state index in [0.29, 0.717) is 0 Å². The van der Waals surface area contributed by atoms with Crippen molar-refractivity contribution in [2.24, 2.45) is 16.8 Å². The van der Waals surface area contributed by atoms with Crippen LogP contribution < -0.4 is 11.7 Å². The van der Waals surface area contributed by atoms with E-state index < -0.39 is 11.6 Å². The van der Waals surface area contributed by atoms with Gasteiger partial charge in [0.1, 0.15) is 6.61 Å². The third-order valence-corrected chi connectivity index (χ3v) is 2.18. The summed E-state index contributed by atoms with van der Waals surface area (Å²) in [4.78, 5) is 11.4. The minimum absolute atomic E-state index is 0.0550. The topological polar surface area (TPSA) is 127 Å². The van der Waals surface area contributed by atoms with Gasteiger partial charge in [0.05, 0.1) is 19.6 Å². The number of amidine groups is 1. The second kappa shape index (κ2) is 7.47. The molecule has 0 aromatic rings. The zero-order valence-electron chi connectivity index (χ0n) is 10.8. The molecule has 0 aromatic heterocycles. The highest BCUT2D eigenvalue weighted by atomic mass is 16.6. The van der Waals surface area contributed by atoms with E-state index in [1.165, 1.54) is 12.1 Å². The van der Waals surface area contributed by atoms with Crippen LogP contribution in [-0.4, -0.2) is 42.7 Å². The highest BCUT2D eigenvalue weighted by Gasteiger charge is 2.30. The quantitative estimate of drug-likeness (QED) is 0.212. The Labute approximate surface area is 106 Å². The van der Waals surface area contributed by atoms with E-state index >= 15 is 0 Å². The van der Waals surface area contributed by atoms with Crippen LogP contribution >= 0.6 is 0 Å². The summed E-state index contributed by atoms with van der Waals surface area (Å²) in [6, 6.07) is 1.94. The molecule has 0 aromatic carbocycles. The van der Waals surface area contributed by atoms with Gasteiger partial charge in [0.25, 0.3) is 0 Å². The molecule has 0 amide bonds. The molecule has 8 nitrogen and oxygen atoms in total. The van der Waals surface area contributed by atoms with Crippen LogP contribution in [0.3, 0.4) is 0 Å². The Morgan fingerprint density at radius 2 is 2.17 bits per heavy atom. The number of carbonyl (C=O) groups excluding carboxylic acids is 1. The molecule has 0 atom stereocenters. The Morgan fingerprint density at radius 3 is 2.61 bits per heavy atom. The molecule has 4 N–H and O–H groups in total. The number of hydrogen-bond donors (Lipinski definition) is 2. The highest BCUT2D eigenvalue weighted by molar-refractivity contribution is 5.84. The number of rotatable bonds is 6. The molecule has 8 heteroatoms. The van der Waals surface area contributed by atoms with Gasteiger partial charge in [0.15, 0.2) is 11.4 Å². The average molecular weight is 257 g/mol. The average Bonchev–Trinajstić information content (AvgIpc) is 2.35. The van der Waals surface area contributed by atoms with Crippen molar-refractivity contribution in [1.29, 1.82) is 5.26 Å². The van der Waals surface area contributed by atoms with Crippen molar-refractivity contribution < 1.29 is 14.3 Å². The lowest BCUT2D eigenvalue weighted by Gasteiger charge is -2.25. The van der Waals surface area contributed by atoms with Crippen molar-refractivity contribution in [2.45, 2.75) is 25.9 Å². The lowest BCUT2D eigenvalue weighted by molar-refractivity contribution is -0.163. The number of carbonyl (C=O) groups is 1. The summed E-state index contributed by atoms with van der Waals surface area (Å²) in [6.45, 7) is 3.33. The Bertz CT molecular complexity index is 348. The number of ether oxygens (including phenoxy) is 2. The van der Waals surface area contributed by atoms with Gasteiger partial charge >= 0.3 is 5.97 Å². The first-order chi connectivity index (χ1) is 8.38. The number of methoxy groups -OCH3 is 1. The van der Waals surface area contributed by atoms with Crippen molar-refractivity contribution >= 4 is 11.8 Å². The maximum absolute atomic E-state index is 11.4. The highest BCUT2D eigenvalue weighted by Crippen LogP contribution is 2.11. The zero-order chi connectivity index (χ0) is 14.2. The third kappa shape index (κ3) is 4.99. The summed E-state index contributed by atoms with van der Waals surface area (Å²) < 4.78 is 9.93. The van der Waals surface area contributed by atoms with Crippen LogP contribution in [0.2, 0.25) is 0 Å². The third-order valence-electron chi connectivity index (χ3n) is 2.18. The molecular formula is C10H19N5O3. The molecule has 0 unspecified atom stereocenters. The fourth-order valence-corrected chi connectivity index (χ4v) is 1.04. The summed E-state index contributed by atoms with van der Waals surface area (Å²) in [7, 11) is 1.27. The minimum Gasteiger partial charge on any atom is -0.467 e. The van der Waals surface area contributed by atoms with E-state index in [-0.39, 0.29) is 25.4 Å². The summed E-state index contributed by atoms with van der Waals surface area (Å²) in [5.41, 5.74) is -1.12. The van der Waals surface area contributed by atoms with E-state index in [1.807, 2.05) is 6.07 Å². The predicted molar refractivity (Wildman–Crippen MR) is 64.8 cm³/mol. The normalized spacial score (nSPS) is 11.8. The second-order valence-electron chi connectivity index (χ2n) is 3.94. The van der Waals surface area contributed by atoms with Gasteiger partial charge in [-0.3, -0.25) is 5.01 Å². The Kier molecular flexibility index (Phi) is 6.70. The van der Waals surface area contributed by atoms with Crippen molar-refractivity contribution in [3.8, 4) is 6.07 Å². The van der Waals surface area contributed by atoms with E-state index in [4.69, 9.17) is 21.7 Å². The van der Waals surface area contributed by atoms with Crippen LogP contribution in [0.4, 0.5) is 0 Å². The van der Waals surface area contributed by atoms with Crippen molar-refractivity contribution in [3.63, 3.8) is 0 Å². The minimum atomic E-state index is -1.12. The van der Waals surface area contributed by atoms with E-state index in [0.717, 1.165) is 0 Å². The summed E-state index contributed by atoms with van der Waals surface area (Å²) >= 11 is 0. The first-order valence-corrected chi connectivity index (χ1v) is 5.27. The first kappa shape index (κ1) is 16.1. The largest absolute Gasteiger partial charge is 0.467 e. The van der Waals surface area contributed by atoms with Gasteiger partial charge in [-0.15, -0.1) is 0 Å². The molecule has 0 heterocycles. The van der Waals surface area contributed by atoms with E-state index in [1.54, 1.807) is 13.8 Å². The molecule has 0 saturated carbocycles. The standard InChI is InChI=1S/C10H19N5O3/c1-10(2,9(16)17-3)18-7-8(14-12)15(13)6-4-5-11/h4,6-7,12-13H2,1-3H3/b14-8-. The molecule has 0 rings (SSSR count). The lowest BCUT2D eigenvalue weighted by atomic mass is 10.1. The van der Waals surface area contributed by atoms with Crippen LogP contribution in [0.5, 0.6) is 0 Å². The number of hydrazine groups is 1. The van der Waals surface area contributed by atoms with Crippen LogP contribution in [0.25, 0.3) is 0 Å². The van der Waals surface area contributed by atoms with Crippen LogP contribution in [0.15, 0.2) is 5.10 Å². The number of hydrogen-bond acceptors (Lipinski definition) is 7. The van der Waals surface area contributed by atoms with Gasteiger partial charge < -0.3 is 15.3 Å². The Morgan fingerprint density at radius 1 is 1.56 bits per heavy atom. The smallest absolute Gasteiger partial charge is 0.337 e. The van der Waals surface area contributed by atoms with Crippen molar-refractivity contribution in [3.05, 3.63) is 0 Å². The Hall–Kier alpha value is -1.85. The fourth-order valence-electron chi connectivity index (χ4n) is 1.04. The van der Waals surface area contributed by atoms with Crippen LogP contribution in [0.1, 0.15) is 20.3 Å². The van der Waals surface area contributed by atoms with E-state index in [9.17, 15) is 4.79 Å². The second-order valence-corrected chi connectivity index (χ2v) is 3.94. The molecule has 18 heavy (non-hydrogen) atoms. The summed E-state index contributed by atoms with van der Waals surface area (Å²) in [6.07, 6.45) is 0.232.